The molecule has 0 spiro atoms. The number of likely N-dealkylation sites (N-methyl/N-ethyl adjacent to an activating group) is 1. The average Bonchev–Trinajstić information content (AvgIpc) is 2.77. The number of fused-ring (bicyclic) bond motifs is 1. The summed E-state index contributed by atoms with van der Waals surface area (Å²) in [6.07, 6.45) is 10.0. The van der Waals surface area contributed by atoms with E-state index in [-0.39, 0.29) is 5.91 Å². The standard InChI is InChI=1S/C23H24N4O/c1-26(14-10-18-8-11-24-12-9-18)21-15-20(16-25-17-21)23(28)27-13-4-6-19-5-2-3-7-22(19)27/h2-3,5,7-9,11-12,15-17H,4,6,10,13-14H2,1H3. The van der Waals surface area contributed by atoms with Crippen molar-refractivity contribution >= 4 is 17.3 Å². The molecule has 142 valence electrons. The summed E-state index contributed by atoms with van der Waals surface area (Å²) in [5.41, 5.74) is 5.08. The van der Waals surface area contributed by atoms with E-state index < -0.39 is 0 Å². The van der Waals surface area contributed by atoms with E-state index in [1.165, 1.54) is 11.1 Å². The van der Waals surface area contributed by atoms with Crippen LogP contribution in [-0.2, 0) is 12.8 Å². The lowest BCUT2D eigenvalue weighted by Gasteiger charge is -2.29. The second-order valence-electron chi connectivity index (χ2n) is 7.15. The number of nitrogens with zero attached hydrogens (tertiary/aromatic N) is 4. The van der Waals surface area contributed by atoms with Gasteiger partial charge in [0.25, 0.3) is 5.91 Å². The van der Waals surface area contributed by atoms with Gasteiger partial charge < -0.3 is 9.80 Å². The van der Waals surface area contributed by atoms with Gasteiger partial charge in [-0.3, -0.25) is 14.8 Å². The summed E-state index contributed by atoms with van der Waals surface area (Å²) in [6.45, 7) is 1.59. The fourth-order valence-corrected chi connectivity index (χ4v) is 3.63. The molecule has 1 aliphatic rings. The number of carbonyl (C=O) groups excluding carboxylic acids is 1. The molecule has 5 heteroatoms. The van der Waals surface area contributed by atoms with E-state index in [1.54, 1.807) is 6.20 Å². The highest BCUT2D eigenvalue weighted by Crippen LogP contribution is 2.28. The largest absolute Gasteiger partial charge is 0.373 e. The fraction of sp³-hybridized carbons (Fsp3) is 0.261. The summed E-state index contributed by atoms with van der Waals surface area (Å²) >= 11 is 0. The smallest absolute Gasteiger partial charge is 0.259 e. The monoisotopic (exact) mass is 372 g/mol. The molecular weight excluding hydrogens is 348 g/mol. The summed E-state index contributed by atoms with van der Waals surface area (Å²) in [5.74, 6) is 0.0176. The Bertz CT molecular complexity index is 958. The Balaban J connectivity index is 1.50. The van der Waals surface area contributed by atoms with Crippen molar-refractivity contribution in [2.45, 2.75) is 19.3 Å². The summed E-state index contributed by atoms with van der Waals surface area (Å²) < 4.78 is 0. The minimum atomic E-state index is 0.0176. The molecule has 0 unspecified atom stereocenters. The lowest BCUT2D eigenvalue weighted by Crippen LogP contribution is -2.35. The molecule has 0 bridgehead atoms. The number of pyridine rings is 2. The number of hydrogen-bond donors (Lipinski definition) is 0. The number of rotatable bonds is 5. The van der Waals surface area contributed by atoms with Crippen LogP contribution in [0.15, 0.2) is 67.3 Å². The van der Waals surface area contributed by atoms with Gasteiger partial charge in [0.1, 0.15) is 0 Å². The summed E-state index contributed by atoms with van der Waals surface area (Å²) in [6, 6.07) is 14.2. The Hall–Kier alpha value is -3.21. The van der Waals surface area contributed by atoms with E-state index in [0.29, 0.717) is 5.56 Å². The first kappa shape index (κ1) is 18.2. The van der Waals surface area contributed by atoms with Crippen molar-refractivity contribution in [1.82, 2.24) is 9.97 Å². The molecule has 2 aromatic heterocycles. The number of aryl methyl sites for hydroxylation is 1. The van der Waals surface area contributed by atoms with Crippen LogP contribution in [-0.4, -0.2) is 36.0 Å². The van der Waals surface area contributed by atoms with Gasteiger partial charge in [-0.1, -0.05) is 18.2 Å². The zero-order valence-corrected chi connectivity index (χ0v) is 16.1. The first-order valence-corrected chi connectivity index (χ1v) is 9.67. The Kier molecular flexibility index (Phi) is 5.33. The summed E-state index contributed by atoms with van der Waals surface area (Å²) in [4.78, 5) is 25.6. The van der Waals surface area contributed by atoms with E-state index in [9.17, 15) is 4.79 Å². The molecule has 1 aromatic carbocycles. The third-order valence-corrected chi connectivity index (χ3v) is 5.25. The number of hydrogen-bond acceptors (Lipinski definition) is 4. The summed E-state index contributed by atoms with van der Waals surface area (Å²) in [7, 11) is 2.03. The molecular formula is C23H24N4O. The highest BCUT2D eigenvalue weighted by Gasteiger charge is 2.23. The third kappa shape index (κ3) is 3.88. The Morgan fingerprint density at radius 3 is 2.79 bits per heavy atom. The molecule has 3 aromatic rings. The van der Waals surface area contributed by atoms with Crippen LogP contribution in [0.25, 0.3) is 0 Å². The topological polar surface area (TPSA) is 49.3 Å². The zero-order chi connectivity index (χ0) is 19.3. The van der Waals surface area contributed by atoms with Crippen LogP contribution in [0, 0.1) is 0 Å². The van der Waals surface area contributed by atoms with Gasteiger partial charge in [-0.2, -0.15) is 0 Å². The maximum absolute atomic E-state index is 13.2. The van der Waals surface area contributed by atoms with E-state index in [1.807, 2.05) is 66.9 Å². The Labute approximate surface area is 165 Å². The van der Waals surface area contributed by atoms with Gasteiger partial charge in [-0.25, -0.2) is 0 Å². The fourth-order valence-electron chi connectivity index (χ4n) is 3.63. The summed E-state index contributed by atoms with van der Waals surface area (Å²) in [5, 5.41) is 0. The van der Waals surface area contributed by atoms with Crippen LogP contribution < -0.4 is 9.80 Å². The van der Waals surface area contributed by atoms with Gasteiger partial charge >= 0.3 is 0 Å². The number of aromatic nitrogens is 2. The van der Waals surface area contributed by atoms with Crippen LogP contribution in [0.3, 0.4) is 0 Å². The molecule has 0 fully saturated rings. The molecule has 0 saturated carbocycles. The molecule has 0 aliphatic carbocycles. The van der Waals surface area contributed by atoms with Gasteiger partial charge in [0.2, 0.25) is 0 Å². The number of carbonyl (C=O) groups is 1. The number of amides is 1. The van der Waals surface area contributed by atoms with E-state index in [0.717, 1.165) is 43.7 Å². The maximum Gasteiger partial charge on any atom is 0.259 e. The van der Waals surface area contributed by atoms with Gasteiger partial charge in [0.05, 0.1) is 17.4 Å². The molecule has 28 heavy (non-hydrogen) atoms. The van der Waals surface area contributed by atoms with Crippen molar-refractivity contribution in [2.24, 2.45) is 0 Å². The van der Waals surface area contributed by atoms with Crippen molar-refractivity contribution in [3.05, 3.63) is 83.9 Å². The molecule has 3 heterocycles. The minimum Gasteiger partial charge on any atom is -0.373 e. The van der Waals surface area contributed by atoms with Crippen LogP contribution in [0.4, 0.5) is 11.4 Å². The van der Waals surface area contributed by atoms with Gasteiger partial charge in [0.15, 0.2) is 0 Å². The number of benzene rings is 1. The zero-order valence-electron chi connectivity index (χ0n) is 16.1. The normalized spacial score (nSPS) is 13.1. The molecule has 1 amide bonds. The Morgan fingerprint density at radius 1 is 1.11 bits per heavy atom. The second kappa shape index (κ2) is 8.21. The molecule has 0 saturated heterocycles. The molecule has 4 rings (SSSR count). The molecule has 1 aliphatic heterocycles. The van der Waals surface area contributed by atoms with Crippen molar-refractivity contribution in [3.8, 4) is 0 Å². The second-order valence-corrected chi connectivity index (χ2v) is 7.15. The number of anilines is 2. The lowest BCUT2D eigenvalue weighted by molar-refractivity contribution is 0.0985. The van der Waals surface area contributed by atoms with Crippen LogP contribution in [0.5, 0.6) is 0 Å². The SMILES string of the molecule is CN(CCc1ccncc1)c1cncc(C(=O)N2CCCc3ccccc32)c1. The first-order valence-electron chi connectivity index (χ1n) is 9.67. The van der Waals surface area contributed by atoms with Crippen molar-refractivity contribution in [2.75, 3.05) is 29.9 Å². The predicted octanol–water partition coefficient (Wildman–Crippen LogP) is 3.75. The van der Waals surface area contributed by atoms with E-state index in [4.69, 9.17) is 0 Å². The van der Waals surface area contributed by atoms with Crippen molar-refractivity contribution in [1.29, 1.82) is 0 Å². The molecule has 0 atom stereocenters. The average molecular weight is 372 g/mol. The quantitative estimate of drug-likeness (QED) is 0.684. The maximum atomic E-state index is 13.2. The minimum absolute atomic E-state index is 0.0176. The first-order chi connectivity index (χ1) is 13.7. The number of para-hydroxylation sites is 1. The van der Waals surface area contributed by atoms with Crippen LogP contribution in [0.1, 0.15) is 27.9 Å². The van der Waals surface area contributed by atoms with Gasteiger partial charge in [0, 0.05) is 44.4 Å². The highest BCUT2D eigenvalue weighted by atomic mass is 16.2. The molecule has 0 radical (unpaired) electrons. The molecule has 5 nitrogen and oxygen atoms in total. The van der Waals surface area contributed by atoms with Crippen molar-refractivity contribution in [3.63, 3.8) is 0 Å². The van der Waals surface area contributed by atoms with E-state index in [2.05, 4.69) is 20.9 Å². The predicted molar refractivity (Wildman–Crippen MR) is 112 cm³/mol. The van der Waals surface area contributed by atoms with Crippen LogP contribution >= 0.6 is 0 Å². The molecule has 0 N–H and O–H groups in total. The van der Waals surface area contributed by atoms with E-state index >= 15 is 0 Å². The van der Waals surface area contributed by atoms with Gasteiger partial charge in [-0.15, -0.1) is 0 Å². The van der Waals surface area contributed by atoms with Gasteiger partial charge in [-0.05, 0) is 54.7 Å². The highest BCUT2D eigenvalue weighted by molar-refractivity contribution is 6.07. The van der Waals surface area contributed by atoms with Crippen molar-refractivity contribution < 1.29 is 4.79 Å². The third-order valence-electron chi connectivity index (χ3n) is 5.25. The Morgan fingerprint density at radius 2 is 1.93 bits per heavy atom. The van der Waals surface area contributed by atoms with Crippen LogP contribution in [0.2, 0.25) is 0 Å². The lowest BCUT2D eigenvalue weighted by atomic mass is 10.0.